The molecule has 0 aliphatic carbocycles. The minimum Gasteiger partial charge on any atom is -0.298 e. The number of hydrogen-bond donors (Lipinski definition) is 0. The van der Waals surface area contributed by atoms with Crippen molar-refractivity contribution in [3.63, 3.8) is 0 Å². The maximum atomic E-state index is 13.8. The molecule has 0 amide bonds. The molecule has 1 aliphatic rings. The first-order valence-corrected chi connectivity index (χ1v) is 6.75. The SMILES string of the molecule is CC(C)N1CCN(Cc2ccc(C#N)cc2F)CC1. The first kappa shape index (κ1) is 14.0. The van der Waals surface area contributed by atoms with Crippen LogP contribution in [0.5, 0.6) is 0 Å². The van der Waals surface area contributed by atoms with E-state index in [-0.39, 0.29) is 5.82 Å². The highest BCUT2D eigenvalue weighted by Gasteiger charge is 2.19. The summed E-state index contributed by atoms with van der Waals surface area (Å²) in [6.45, 7) is 9.05. The van der Waals surface area contributed by atoms with Gasteiger partial charge in [-0.1, -0.05) is 6.07 Å². The second kappa shape index (κ2) is 6.14. The Balaban J connectivity index is 1.94. The predicted octanol–water partition coefficient (Wildman–Crippen LogP) is 2.22. The summed E-state index contributed by atoms with van der Waals surface area (Å²) in [5.41, 5.74) is 1.06. The lowest BCUT2D eigenvalue weighted by Gasteiger charge is -2.36. The van der Waals surface area contributed by atoms with Gasteiger partial charge in [-0.3, -0.25) is 9.80 Å². The van der Waals surface area contributed by atoms with Crippen LogP contribution in [0.15, 0.2) is 18.2 Å². The van der Waals surface area contributed by atoms with E-state index in [4.69, 9.17) is 5.26 Å². The number of benzene rings is 1. The van der Waals surface area contributed by atoms with E-state index < -0.39 is 0 Å². The summed E-state index contributed by atoms with van der Waals surface area (Å²) < 4.78 is 13.8. The molecule has 1 aromatic carbocycles. The maximum absolute atomic E-state index is 13.8. The van der Waals surface area contributed by atoms with E-state index in [0.29, 0.717) is 23.7 Å². The predicted molar refractivity (Wildman–Crippen MR) is 73.1 cm³/mol. The highest BCUT2D eigenvalue weighted by atomic mass is 19.1. The third-order valence-electron chi connectivity index (χ3n) is 3.71. The van der Waals surface area contributed by atoms with Crippen LogP contribution in [0.1, 0.15) is 25.0 Å². The zero-order valence-electron chi connectivity index (χ0n) is 11.6. The maximum Gasteiger partial charge on any atom is 0.129 e. The van der Waals surface area contributed by atoms with Crippen molar-refractivity contribution in [3.05, 3.63) is 35.1 Å². The molecule has 0 unspecified atom stereocenters. The highest BCUT2D eigenvalue weighted by molar-refractivity contribution is 5.32. The molecule has 0 radical (unpaired) electrons. The number of piperazine rings is 1. The Hall–Kier alpha value is -1.44. The third kappa shape index (κ3) is 3.52. The Bertz CT molecular complexity index is 471. The molecule has 1 aromatic rings. The van der Waals surface area contributed by atoms with E-state index in [1.165, 1.54) is 6.07 Å². The smallest absolute Gasteiger partial charge is 0.129 e. The Kier molecular flexibility index (Phi) is 4.52. The van der Waals surface area contributed by atoms with E-state index >= 15 is 0 Å². The van der Waals surface area contributed by atoms with Crippen molar-refractivity contribution in [3.8, 4) is 6.07 Å². The van der Waals surface area contributed by atoms with Crippen LogP contribution in [-0.2, 0) is 6.54 Å². The fourth-order valence-electron chi connectivity index (χ4n) is 2.42. The van der Waals surface area contributed by atoms with Crippen LogP contribution in [0.3, 0.4) is 0 Å². The minimum atomic E-state index is -0.273. The van der Waals surface area contributed by atoms with Gasteiger partial charge in [-0.2, -0.15) is 5.26 Å². The van der Waals surface area contributed by atoms with Gasteiger partial charge in [-0.25, -0.2) is 4.39 Å². The molecule has 1 aliphatic heterocycles. The molecule has 3 nitrogen and oxygen atoms in total. The van der Waals surface area contributed by atoms with Crippen molar-refractivity contribution in [2.45, 2.75) is 26.4 Å². The zero-order chi connectivity index (χ0) is 13.8. The van der Waals surface area contributed by atoms with Crippen LogP contribution in [-0.4, -0.2) is 42.0 Å². The molecular weight excluding hydrogens is 241 g/mol. The van der Waals surface area contributed by atoms with Crippen molar-refractivity contribution in [2.24, 2.45) is 0 Å². The van der Waals surface area contributed by atoms with Gasteiger partial charge in [0.15, 0.2) is 0 Å². The monoisotopic (exact) mass is 261 g/mol. The van der Waals surface area contributed by atoms with Gasteiger partial charge in [-0.15, -0.1) is 0 Å². The molecule has 0 atom stereocenters. The van der Waals surface area contributed by atoms with E-state index in [9.17, 15) is 4.39 Å². The topological polar surface area (TPSA) is 30.3 Å². The quantitative estimate of drug-likeness (QED) is 0.836. The first-order chi connectivity index (χ1) is 9.10. The molecule has 0 aromatic heterocycles. The number of hydrogen-bond acceptors (Lipinski definition) is 3. The van der Waals surface area contributed by atoms with Gasteiger partial charge in [0.25, 0.3) is 0 Å². The molecule has 0 spiro atoms. The second-order valence-corrected chi connectivity index (χ2v) is 5.32. The lowest BCUT2D eigenvalue weighted by Crippen LogP contribution is -2.48. The summed E-state index contributed by atoms with van der Waals surface area (Å²) in [5.74, 6) is -0.273. The summed E-state index contributed by atoms with van der Waals surface area (Å²) in [6, 6.07) is 7.26. The summed E-state index contributed by atoms with van der Waals surface area (Å²) in [5, 5.41) is 8.72. The summed E-state index contributed by atoms with van der Waals surface area (Å²) >= 11 is 0. The van der Waals surface area contributed by atoms with Crippen molar-refractivity contribution < 1.29 is 4.39 Å². The normalized spacial score (nSPS) is 17.6. The molecule has 4 heteroatoms. The molecule has 102 valence electrons. The molecule has 1 saturated heterocycles. The number of nitriles is 1. The lowest BCUT2D eigenvalue weighted by molar-refractivity contribution is 0.103. The molecule has 1 heterocycles. The van der Waals surface area contributed by atoms with Crippen LogP contribution in [0.4, 0.5) is 4.39 Å². The average Bonchev–Trinajstić information content (AvgIpc) is 2.41. The third-order valence-corrected chi connectivity index (χ3v) is 3.71. The van der Waals surface area contributed by atoms with E-state index in [1.54, 1.807) is 12.1 Å². The van der Waals surface area contributed by atoms with Crippen LogP contribution in [0.2, 0.25) is 0 Å². The molecule has 0 saturated carbocycles. The van der Waals surface area contributed by atoms with Gasteiger partial charge >= 0.3 is 0 Å². The van der Waals surface area contributed by atoms with Crippen LogP contribution < -0.4 is 0 Å². The molecular formula is C15H20FN3. The van der Waals surface area contributed by atoms with Gasteiger partial charge in [0.2, 0.25) is 0 Å². The average molecular weight is 261 g/mol. The Labute approximate surface area is 114 Å². The van der Waals surface area contributed by atoms with Gasteiger partial charge in [0, 0.05) is 44.3 Å². The molecule has 2 rings (SSSR count). The minimum absolute atomic E-state index is 0.273. The van der Waals surface area contributed by atoms with Crippen LogP contribution in [0, 0.1) is 17.1 Å². The second-order valence-electron chi connectivity index (χ2n) is 5.32. The summed E-state index contributed by atoms with van der Waals surface area (Å²) in [7, 11) is 0. The Morgan fingerprint density at radius 1 is 1.26 bits per heavy atom. The van der Waals surface area contributed by atoms with Gasteiger partial charge in [0.05, 0.1) is 11.6 Å². The Morgan fingerprint density at radius 2 is 1.95 bits per heavy atom. The lowest BCUT2D eigenvalue weighted by atomic mass is 10.1. The van der Waals surface area contributed by atoms with Gasteiger partial charge < -0.3 is 0 Å². The molecule has 19 heavy (non-hydrogen) atoms. The molecule has 0 bridgehead atoms. The number of halogens is 1. The van der Waals surface area contributed by atoms with E-state index in [2.05, 4.69) is 23.6 Å². The fraction of sp³-hybridized carbons (Fsp3) is 0.533. The van der Waals surface area contributed by atoms with Crippen LogP contribution in [0.25, 0.3) is 0 Å². The largest absolute Gasteiger partial charge is 0.298 e. The molecule has 0 N–H and O–H groups in total. The first-order valence-electron chi connectivity index (χ1n) is 6.75. The van der Waals surface area contributed by atoms with Crippen LogP contribution >= 0.6 is 0 Å². The number of nitrogens with zero attached hydrogens (tertiary/aromatic N) is 3. The summed E-state index contributed by atoms with van der Waals surface area (Å²) in [4.78, 5) is 4.70. The van der Waals surface area contributed by atoms with Crippen molar-refractivity contribution >= 4 is 0 Å². The zero-order valence-corrected chi connectivity index (χ0v) is 11.6. The summed E-state index contributed by atoms with van der Waals surface area (Å²) in [6.07, 6.45) is 0. The molecule has 1 fully saturated rings. The highest BCUT2D eigenvalue weighted by Crippen LogP contribution is 2.14. The van der Waals surface area contributed by atoms with Gasteiger partial charge in [-0.05, 0) is 26.0 Å². The van der Waals surface area contributed by atoms with Crippen molar-refractivity contribution in [1.82, 2.24) is 9.80 Å². The van der Waals surface area contributed by atoms with Crippen molar-refractivity contribution in [1.29, 1.82) is 5.26 Å². The van der Waals surface area contributed by atoms with Gasteiger partial charge in [0.1, 0.15) is 5.82 Å². The van der Waals surface area contributed by atoms with E-state index in [1.807, 2.05) is 6.07 Å². The standard InChI is InChI=1S/C15H20FN3/c1-12(2)19-7-5-18(6-8-19)11-14-4-3-13(10-17)9-15(14)16/h3-4,9,12H,5-8,11H2,1-2H3. The Morgan fingerprint density at radius 3 is 2.47 bits per heavy atom. The number of rotatable bonds is 3. The van der Waals surface area contributed by atoms with E-state index in [0.717, 1.165) is 26.2 Å². The van der Waals surface area contributed by atoms with Crippen molar-refractivity contribution in [2.75, 3.05) is 26.2 Å². The fourth-order valence-corrected chi connectivity index (χ4v) is 2.42.